The van der Waals surface area contributed by atoms with Crippen molar-refractivity contribution < 1.29 is 0 Å². The molecule has 0 saturated carbocycles. The molecule has 0 radical (unpaired) electrons. The van der Waals surface area contributed by atoms with Crippen LogP contribution >= 0.6 is 11.3 Å². The third kappa shape index (κ3) is 3.82. The molecule has 0 aliphatic heterocycles. The molecule has 1 N–H and O–H groups in total. The second-order valence-electron chi connectivity index (χ2n) is 5.21. The van der Waals surface area contributed by atoms with E-state index in [1.54, 1.807) is 0 Å². The largest absolute Gasteiger partial charge is 0.377 e. The van der Waals surface area contributed by atoms with Crippen LogP contribution in [-0.2, 0) is 6.54 Å². The van der Waals surface area contributed by atoms with Crippen molar-refractivity contribution in [3.8, 4) is 0 Å². The monoisotopic (exact) mass is 274 g/mol. The molecule has 1 unspecified atom stereocenters. The van der Waals surface area contributed by atoms with Gasteiger partial charge in [-0.15, -0.1) is 11.3 Å². The van der Waals surface area contributed by atoms with Crippen LogP contribution in [0.25, 0.3) is 0 Å². The number of benzene rings is 1. The minimum atomic E-state index is 0.349. The lowest BCUT2D eigenvalue weighted by atomic mass is 10.1. The smallest absolute Gasteiger partial charge is 0.0578 e. The van der Waals surface area contributed by atoms with Gasteiger partial charge in [0.15, 0.2) is 0 Å². The first-order valence-corrected chi connectivity index (χ1v) is 7.43. The van der Waals surface area contributed by atoms with Gasteiger partial charge < -0.3 is 10.2 Å². The summed E-state index contributed by atoms with van der Waals surface area (Å²) < 4.78 is 0. The van der Waals surface area contributed by atoms with E-state index in [0.29, 0.717) is 6.04 Å². The molecule has 2 nitrogen and oxygen atoms in total. The highest BCUT2D eigenvalue weighted by Gasteiger charge is 2.10. The first-order valence-electron chi connectivity index (χ1n) is 6.62. The molecule has 0 bridgehead atoms. The maximum absolute atomic E-state index is 3.63. The summed E-state index contributed by atoms with van der Waals surface area (Å²) in [6.07, 6.45) is 0. The molecule has 102 valence electrons. The minimum Gasteiger partial charge on any atom is -0.377 e. The van der Waals surface area contributed by atoms with Gasteiger partial charge in [0, 0.05) is 22.0 Å². The van der Waals surface area contributed by atoms with E-state index in [1.807, 2.05) is 11.3 Å². The van der Waals surface area contributed by atoms with Crippen molar-refractivity contribution in [3.05, 3.63) is 51.7 Å². The molecular weight excluding hydrogens is 252 g/mol. The predicted molar refractivity (Wildman–Crippen MR) is 84.9 cm³/mol. The quantitative estimate of drug-likeness (QED) is 0.875. The maximum Gasteiger partial charge on any atom is 0.0578 e. The lowest BCUT2D eigenvalue weighted by molar-refractivity contribution is 0.403. The molecule has 0 aliphatic rings. The molecule has 2 rings (SSSR count). The number of rotatable bonds is 5. The fourth-order valence-electron chi connectivity index (χ4n) is 2.13. The van der Waals surface area contributed by atoms with Crippen molar-refractivity contribution in [2.24, 2.45) is 0 Å². The fraction of sp³-hybridized carbons (Fsp3) is 0.375. The first kappa shape index (κ1) is 14.1. The Labute approximate surface area is 120 Å². The summed E-state index contributed by atoms with van der Waals surface area (Å²) in [6.45, 7) is 5.33. The van der Waals surface area contributed by atoms with Gasteiger partial charge in [-0.3, -0.25) is 0 Å². The Bertz CT molecular complexity index is 531. The van der Waals surface area contributed by atoms with E-state index in [4.69, 9.17) is 0 Å². The van der Waals surface area contributed by atoms with Crippen molar-refractivity contribution in [1.29, 1.82) is 0 Å². The maximum atomic E-state index is 3.63. The number of hydrogen-bond donors (Lipinski definition) is 1. The van der Waals surface area contributed by atoms with Crippen LogP contribution in [0, 0.1) is 6.92 Å². The Morgan fingerprint density at radius 2 is 1.89 bits per heavy atom. The van der Waals surface area contributed by atoms with Gasteiger partial charge in [-0.05, 0) is 51.7 Å². The van der Waals surface area contributed by atoms with E-state index in [0.717, 1.165) is 6.54 Å². The Balaban J connectivity index is 2.14. The third-order valence-electron chi connectivity index (χ3n) is 3.06. The second kappa shape index (κ2) is 6.22. The van der Waals surface area contributed by atoms with E-state index >= 15 is 0 Å². The van der Waals surface area contributed by atoms with Crippen LogP contribution in [0.4, 0.5) is 5.69 Å². The van der Waals surface area contributed by atoms with Crippen LogP contribution in [0.1, 0.15) is 28.3 Å². The predicted octanol–water partition coefficient (Wildman–Crippen LogP) is 4.29. The van der Waals surface area contributed by atoms with E-state index in [-0.39, 0.29) is 0 Å². The van der Waals surface area contributed by atoms with Crippen molar-refractivity contribution in [1.82, 2.24) is 4.90 Å². The molecule has 2 aromatic rings. The molecule has 1 heterocycles. The van der Waals surface area contributed by atoms with Crippen LogP contribution in [0.15, 0.2) is 36.4 Å². The lowest BCUT2D eigenvalue weighted by Crippen LogP contribution is -2.14. The summed E-state index contributed by atoms with van der Waals surface area (Å²) in [5.41, 5.74) is 2.57. The molecule has 0 spiro atoms. The highest BCUT2D eigenvalue weighted by molar-refractivity contribution is 7.12. The Hall–Kier alpha value is -1.32. The number of anilines is 1. The van der Waals surface area contributed by atoms with E-state index in [2.05, 4.69) is 74.6 Å². The zero-order chi connectivity index (χ0) is 13.8. The Morgan fingerprint density at radius 3 is 2.53 bits per heavy atom. The molecule has 19 heavy (non-hydrogen) atoms. The average molecular weight is 274 g/mol. The highest BCUT2D eigenvalue weighted by Crippen LogP contribution is 2.27. The van der Waals surface area contributed by atoms with E-state index in [1.165, 1.54) is 21.0 Å². The van der Waals surface area contributed by atoms with Gasteiger partial charge >= 0.3 is 0 Å². The van der Waals surface area contributed by atoms with Crippen LogP contribution in [0.3, 0.4) is 0 Å². The summed E-state index contributed by atoms with van der Waals surface area (Å²) in [4.78, 5) is 4.95. The average Bonchev–Trinajstić information content (AvgIpc) is 2.78. The molecule has 0 amide bonds. The van der Waals surface area contributed by atoms with Crippen molar-refractivity contribution >= 4 is 17.0 Å². The molecular formula is C16H22N2S. The van der Waals surface area contributed by atoms with Crippen LogP contribution in [0.5, 0.6) is 0 Å². The number of para-hydroxylation sites is 1. The van der Waals surface area contributed by atoms with Crippen LogP contribution in [0.2, 0.25) is 0 Å². The van der Waals surface area contributed by atoms with Crippen LogP contribution < -0.4 is 5.32 Å². The summed E-state index contributed by atoms with van der Waals surface area (Å²) in [7, 11) is 4.20. The fourth-order valence-corrected chi connectivity index (χ4v) is 3.01. The van der Waals surface area contributed by atoms with Gasteiger partial charge in [0.25, 0.3) is 0 Å². The normalized spacial score (nSPS) is 12.7. The van der Waals surface area contributed by atoms with Gasteiger partial charge in [-0.1, -0.05) is 18.2 Å². The molecule has 1 aromatic heterocycles. The number of nitrogens with one attached hydrogen (secondary N) is 1. The van der Waals surface area contributed by atoms with Gasteiger partial charge in [0.05, 0.1) is 6.04 Å². The highest BCUT2D eigenvalue weighted by atomic mass is 32.1. The van der Waals surface area contributed by atoms with Crippen molar-refractivity contribution in [2.45, 2.75) is 26.4 Å². The number of hydrogen-bond acceptors (Lipinski definition) is 3. The zero-order valence-corrected chi connectivity index (χ0v) is 12.9. The molecule has 1 aromatic carbocycles. The number of nitrogens with zero attached hydrogens (tertiary/aromatic N) is 1. The molecule has 0 saturated heterocycles. The topological polar surface area (TPSA) is 15.3 Å². The van der Waals surface area contributed by atoms with E-state index < -0.39 is 0 Å². The van der Waals surface area contributed by atoms with Gasteiger partial charge in [0.2, 0.25) is 0 Å². The summed E-state index contributed by atoms with van der Waals surface area (Å²) in [6, 6.07) is 13.3. The molecule has 0 aliphatic carbocycles. The second-order valence-corrected chi connectivity index (χ2v) is 6.53. The zero-order valence-electron chi connectivity index (χ0n) is 12.1. The lowest BCUT2D eigenvalue weighted by Gasteiger charge is -2.19. The van der Waals surface area contributed by atoms with Gasteiger partial charge in [-0.25, -0.2) is 0 Å². The number of thiophene rings is 1. The van der Waals surface area contributed by atoms with Crippen LogP contribution in [-0.4, -0.2) is 19.0 Å². The molecule has 1 atom stereocenters. The number of aryl methyl sites for hydroxylation is 1. The summed E-state index contributed by atoms with van der Waals surface area (Å²) in [5, 5.41) is 3.63. The van der Waals surface area contributed by atoms with Gasteiger partial charge in [-0.2, -0.15) is 0 Å². The van der Waals surface area contributed by atoms with E-state index in [9.17, 15) is 0 Å². The van der Waals surface area contributed by atoms with Crippen molar-refractivity contribution in [3.63, 3.8) is 0 Å². The molecule has 3 heteroatoms. The van der Waals surface area contributed by atoms with Gasteiger partial charge in [0.1, 0.15) is 0 Å². The summed E-state index contributed by atoms with van der Waals surface area (Å²) in [5.74, 6) is 0. The third-order valence-corrected chi connectivity index (χ3v) is 4.25. The minimum absolute atomic E-state index is 0.349. The standard InChI is InChI=1S/C16H22N2S/c1-12-9-10-16(19-12)13(2)17-15-8-6-5-7-14(15)11-18(3)4/h5-10,13,17H,11H2,1-4H3. The summed E-state index contributed by atoms with van der Waals surface area (Å²) >= 11 is 1.86. The molecule has 0 fully saturated rings. The SMILES string of the molecule is Cc1ccc(C(C)Nc2ccccc2CN(C)C)s1. The Morgan fingerprint density at radius 1 is 1.16 bits per heavy atom. The van der Waals surface area contributed by atoms with Crippen molar-refractivity contribution in [2.75, 3.05) is 19.4 Å². The Kier molecular flexibility index (Phi) is 4.61. The first-order chi connectivity index (χ1) is 9.06.